The van der Waals surface area contributed by atoms with Gasteiger partial charge in [-0.25, -0.2) is 4.79 Å². The van der Waals surface area contributed by atoms with Gasteiger partial charge in [0.15, 0.2) is 0 Å². The summed E-state index contributed by atoms with van der Waals surface area (Å²) in [7, 11) is 0. The first-order chi connectivity index (χ1) is 7.13. The molecule has 2 rings (SSSR count). The molecule has 0 amide bonds. The summed E-state index contributed by atoms with van der Waals surface area (Å²) >= 11 is 1.54. The van der Waals surface area contributed by atoms with Crippen molar-refractivity contribution >= 4 is 17.7 Å². The topological polar surface area (TPSA) is 92.5 Å². The van der Waals surface area contributed by atoms with Crippen molar-refractivity contribution in [1.82, 2.24) is 5.32 Å². The first kappa shape index (κ1) is 10.4. The number of carbonyl (C=O) groups is 1. The van der Waals surface area contributed by atoms with Crippen LogP contribution >= 0.6 is 11.8 Å². The average Bonchev–Trinajstić information content (AvgIpc) is 2.94. The molecule has 2 atom stereocenters. The van der Waals surface area contributed by atoms with Gasteiger partial charge in [0.1, 0.15) is 5.57 Å². The van der Waals surface area contributed by atoms with E-state index in [1.54, 1.807) is 0 Å². The summed E-state index contributed by atoms with van der Waals surface area (Å²) in [6.07, 6.45) is 1.01. The molecule has 7 heteroatoms. The Morgan fingerprint density at radius 3 is 2.80 bits per heavy atom. The van der Waals surface area contributed by atoms with Crippen molar-refractivity contribution in [3.05, 3.63) is 21.3 Å². The highest BCUT2D eigenvalue weighted by atomic mass is 32.2. The van der Waals surface area contributed by atoms with Gasteiger partial charge in [-0.1, -0.05) is 0 Å². The van der Waals surface area contributed by atoms with Gasteiger partial charge >= 0.3 is 5.97 Å². The SMILES string of the molecule is O=C(O)C1=C(C2NCCCS2)C1[N+](=O)[O-]. The molecule has 0 radical (unpaired) electrons. The van der Waals surface area contributed by atoms with Gasteiger partial charge in [-0.05, 0) is 18.7 Å². The zero-order chi connectivity index (χ0) is 11.0. The molecular formula is C8H10N2O4S. The lowest BCUT2D eigenvalue weighted by atomic mass is 10.4. The second kappa shape index (κ2) is 3.82. The lowest BCUT2D eigenvalue weighted by molar-refractivity contribution is -0.490. The van der Waals surface area contributed by atoms with Gasteiger partial charge in [0.25, 0.3) is 6.04 Å². The van der Waals surface area contributed by atoms with E-state index >= 15 is 0 Å². The molecule has 0 aromatic carbocycles. The van der Waals surface area contributed by atoms with Crippen LogP contribution in [0, 0.1) is 10.1 Å². The highest BCUT2D eigenvalue weighted by Gasteiger charge is 2.55. The van der Waals surface area contributed by atoms with E-state index in [0.717, 1.165) is 18.7 Å². The van der Waals surface area contributed by atoms with E-state index in [9.17, 15) is 14.9 Å². The van der Waals surface area contributed by atoms with Gasteiger partial charge in [0.2, 0.25) is 0 Å². The zero-order valence-corrected chi connectivity index (χ0v) is 8.62. The molecule has 0 aromatic rings. The number of nitro groups is 1. The van der Waals surface area contributed by atoms with Crippen molar-refractivity contribution in [3.63, 3.8) is 0 Å². The summed E-state index contributed by atoms with van der Waals surface area (Å²) in [5.41, 5.74) is 0.407. The van der Waals surface area contributed by atoms with E-state index in [-0.39, 0.29) is 10.9 Å². The molecule has 1 heterocycles. The number of carboxylic acid groups (broad SMARTS) is 1. The molecule has 1 aliphatic heterocycles. The maximum absolute atomic E-state index is 10.7. The van der Waals surface area contributed by atoms with Crippen molar-refractivity contribution in [3.8, 4) is 0 Å². The predicted octanol–water partition coefficient (Wildman–Crippen LogP) is 0.0791. The van der Waals surface area contributed by atoms with Gasteiger partial charge in [-0.3, -0.25) is 10.1 Å². The van der Waals surface area contributed by atoms with Crippen LogP contribution in [0.4, 0.5) is 0 Å². The van der Waals surface area contributed by atoms with Crippen LogP contribution in [0.2, 0.25) is 0 Å². The molecule has 0 bridgehead atoms. The molecule has 1 saturated heterocycles. The number of nitrogens with zero attached hydrogens (tertiary/aromatic N) is 1. The van der Waals surface area contributed by atoms with E-state index in [1.165, 1.54) is 11.8 Å². The Balaban J connectivity index is 2.12. The van der Waals surface area contributed by atoms with Crippen molar-refractivity contribution in [2.45, 2.75) is 17.8 Å². The van der Waals surface area contributed by atoms with Gasteiger partial charge in [-0.2, -0.15) is 0 Å². The van der Waals surface area contributed by atoms with Crippen molar-refractivity contribution in [2.75, 3.05) is 12.3 Å². The highest BCUT2D eigenvalue weighted by Crippen LogP contribution is 2.41. The molecule has 15 heavy (non-hydrogen) atoms. The van der Waals surface area contributed by atoms with Gasteiger partial charge in [-0.15, -0.1) is 11.8 Å². The Kier molecular flexibility index (Phi) is 2.66. The number of nitrogens with one attached hydrogen (secondary N) is 1. The van der Waals surface area contributed by atoms with Crippen LogP contribution in [0.25, 0.3) is 0 Å². The monoisotopic (exact) mass is 230 g/mol. The van der Waals surface area contributed by atoms with E-state index in [4.69, 9.17) is 5.11 Å². The van der Waals surface area contributed by atoms with Crippen LogP contribution in [0.15, 0.2) is 11.1 Å². The smallest absolute Gasteiger partial charge is 0.339 e. The Morgan fingerprint density at radius 2 is 2.40 bits per heavy atom. The molecule has 2 unspecified atom stereocenters. The van der Waals surface area contributed by atoms with Crippen molar-refractivity contribution < 1.29 is 14.8 Å². The fourth-order valence-corrected chi connectivity index (χ4v) is 2.95. The quantitative estimate of drug-likeness (QED) is 0.527. The lowest BCUT2D eigenvalue weighted by Crippen LogP contribution is -2.33. The Bertz CT molecular complexity index is 349. The molecule has 6 nitrogen and oxygen atoms in total. The normalized spacial score (nSPS) is 30.1. The molecule has 1 aliphatic carbocycles. The fourth-order valence-electron chi connectivity index (χ4n) is 1.74. The maximum Gasteiger partial charge on any atom is 0.339 e. The third-order valence-corrected chi connectivity index (χ3v) is 3.73. The molecule has 0 spiro atoms. The second-order valence-corrected chi connectivity index (χ2v) is 4.63. The standard InChI is InChI=1S/C8H10N2O4S/c11-8(12)5-4(6(5)10(13)14)7-9-2-1-3-15-7/h6-7,9H,1-3H2,(H,11,12). The fraction of sp³-hybridized carbons (Fsp3) is 0.625. The lowest BCUT2D eigenvalue weighted by Gasteiger charge is -2.20. The molecule has 2 aliphatic rings. The van der Waals surface area contributed by atoms with Crippen LogP contribution in [-0.4, -0.2) is 39.7 Å². The summed E-state index contributed by atoms with van der Waals surface area (Å²) in [5.74, 6) is -0.252. The molecule has 1 fully saturated rings. The molecule has 2 N–H and O–H groups in total. The minimum Gasteiger partial charge on any atom is -0.478 e. The highest BCUT2D eigenvalue weighted by molar-refractivity contribution is 8.00. The van der Waals surface area contributed by atoms with Gasteiger partial charge in [0, 0.05) is 4.92 Å². The van der Waals surface area contributed by atoms with Crippen LogP contribution in [0.3, 0.4) is 0 Å². The number of carboxylic acids is 1. The summed E-state index contributed by atoms with van der Waals surface area (Å²) in [4.78, 5) is 20.8. The molecular weight excluding hydrogens is 220 g/mol. The van der Waals surface area contributed by atoms with Crippen molar-refractivity contribution in [2.24, 2.45) is 0 Å². The van der Waals surface area contributed by atoms with Crippen molar-refractivity contribution in [1.29, 1.82) is 0 Å². The maximum atomic E-state index is 10.7. The first-order valence-electron chi connectivity index (χ1n) is 4.58. The number of thioether (sulfide) groups is 1. The van der Waals surface area contributed by atoms with Crippen LogP contribution in [0.1, 0.15) is 6.42 Å². The van der Waals surface area contributed by atoms with Crippen LogP contribution < -0.4 is 5.32 Å². The van der Waals surface area contributed by atoms with E-state index < -0.39 is 16.9 Å². The number of hydrogen-bond donors (Lipinski definition) is 2. The Morgan fingerprint density at radius 1 is 1.67 bits per heavy atom. The molecule has 0 aromatic heterocycles. The van der Waals surface area contributed by atoms with Crippen LogP contribution in [-0.2, 0) is 4.79 Å². The summed E-state index contributed by atoms with van der Waals surface area (Å²) in [6.45, 7) is 0.790. The third kappa shape index (κ3) is 1.84. The minimum absolute atomic E-state index is 0.0353. The van der Waals surface area contributed by atoms with E-state index in [0.29, 0.717) is 5.57 Å². The van der Waals surface area contributed by atoms with E-state index in [1.807, 2.05) is 0 Å². The Labute approximate surface area is 89.9 Å². The average molecular weight is 230 g/mol. The first-order valence-corrected chi connectivity index (χ1v) is 5.63. The van der Waals surface area contributed by atoms with Crippen LogP contribution in [0.5, 0.6) is 0 Å². The zero-order valence-electron chi connectivity index (χ0n) is 7.80. The molecule has 0 saturated carbocycles. The predicted molar refractivity (Wildman–Crippen MR) is 54.3 cm³/mol. The van der Waals surface area contributed by atoms with E-state index in [2.05, 4.69) is 5.32 Å². The number of hydrogen-bond acceptors (Lipinski definition) is 5. The Hall–Kier alpha value is -1.08. The van der Waals surface area contributed by atoms with Gasteiger partial charge < -0.3 is 10.4 Å². The molecule has 82 valence electrons. The number of rotatable bonds is 3. The summed E-state index contributed by atoms with van der Waals surface area (Å²) in [6, 6.07) is -1.06. The minimum atomic E-state index is -1.17. The second-order valence-electron chi connectivity index (χ2n) is 3.42. The summed E-state index contributed by atoms with van der Waals surface area (Å²) in [5, 5.41) is 22.3. The largest absolute Gasteiger partial charge is 0.478 e. The summed E-state index contributed by atoms with van der Waals surface area (Å²) < 4.78 is 0. The third-order valence-electron chi connectivity index (χ3n) is 2.45. The number of aliphatic carboxylic acids is 1. The van der Waals surface area contributed by atoms with Gasteiger partial charge in [0.05, 0.1) is 10.9 Å².